The van der Waals surface area contributed by atoms with Crippen molar-refractivity contribution in [3.8, 4) is 0 Å². The van der Waals surface area contributed by atoms with Crippen molar-refractivity contribution < 1.29 is 0 Å². The van der Waals surface area contributed by atoms with Crippen LogP contribution in [-0.4, -0.2) is 8.58 Å². The van der Waals surface area contributed by atoms with Crippen LogP contribution in [0.1, 0.15) is 19.0 Å². The SMILES string of the molecule is CCCc1cncn1Br. The maximum Gasteiger partial charge on any atom is 0.105 e. The van der Waals surface area contributed by atoms with Crippen molar-refractivity contribution in [3.05, 3.63) is 18.2 Å². The third-order valence-corrected chi connectivity index (χ3v) is 1.81. The van der Waals surface area contributed by atoms with Crippen LogP contribution in [0.5, 0.6) is 0 Å². The highest BCUT2D eigenvalue weighted by Crippen LogP contribution is 2.04. The molecule has 50 valence electrons. The first kappa shape index (κ1) is 6.81. The lowest BCUT2D eigenvalue weighted by Gasteiger charge is -1.93. The van der Waals surface area contributed by atoms with E-state index in [0.717, 1.165) is 12.8 Å². The summed E-state index contributed by atoms with van der Waals surface area (Å²) in [6.07, 6.45) is 5.88. The van der Waals surface area contributed by atoms with Crippen LogP contribution in [0.4, 0.5) is 0 Å². The molecule has 9 heavy (non-hydrogen) atoms. The van der Waals surface area contributed by atoms with Gasteiger partial charge in [0, 0.05) is 11.9 Å². The summed E-state index contributed by atoms with van der Waals surface area (Å²) in [5, 5.41) is 0. The predicted octanol–water partition coefficient (Wildman–Crippen LogP) is 1.99. The quantitative estimate of drug-likeness (QED) is 0.695. The minimum absolute atomic E-state index is 1.09. The maximum atomic E-state index is 3.96. The Morgan fingerprint density at radius 2 is 2.56 bits per heavy atom. The van der Waals surface area contributed by atoms with E-state index in [-0.39, 0.29) is 0 Å². The molecular formula is C6H9BrN2. The van der Waals surface area contributed by atoms with Gasteiger partial charge in [-0.05, 0) is 6.42 Å². The van der Waals surface area contributed by atoms with Crippen molar-refractivity contribution in [1.82, 2.24) is 8.58 Å². The minimum atomic E-state index is 1.09. The molecule has 1 aromatic rings. The van der Waals surface area contributed by atoms with Crippen LogP contribution in [0.3, 0.4) is 0 Å². The zero-order chi connectivity index (χ0) is 6.69. The van der Waals surface area contributed by atoms with Gasteiger partial charge in [0.1, 0.15) is 6.33 Å². The molecule has 0 atom stereocenters. The minimum Gasteiger partial charge on any atom is -0.269 e. The second-order valence-corrected chi connectivity index (χ2v) is 2.71. The lowest BCUT2D eigenvalue weighted by Crippen LogP contribution is -1.86. The molecule has 3 heteroatoms. The molecule has 2 nitrogen and oxygen atoms in total. The molecule has 0 aliphatic heterocycles. The lowest BCUT2D eigenvalue weighted by molar-refractivity contribution is 0.882. The Hall–Kier alpha value is -0.310. The first-order valence-electron chi connectivity index (χ1n) is 3.02. The molecule has 0 amide bonds. The van der Waals surface area contributed by atoms with Gasteiger partial charge in [-0.15, -0.1) is 0 Å². The summed E-state index contributed by atoms with van der Waals surface area (Å²) in [6.45, 7) is 2.15. The van der Waals surface area contributed by atoms with Gasteiger partial charge in [-0.2, -0.15) is 0 Å². The molecule has 1 heterocycles. The molecule has 0 saturated carbocycles. The van der Waals surface area contributed by atoms with E-state index in [9.17, 15) is 0 Å². The smallest absolute Gasteiger partial charge is 0.105 e. The van der Waals surface area contributed by atoms with Gasteiger partial charge < -0.3 is 0 Å². The molecule has 0 unspecified atom stereocenters. The van der Waals surface area contributed by atoms with Crippen LogP contribution >= 0.6 is 16.1 Å². The summed E-state index contributed by atoms with van der Waals surface area (Å²) >= 11 is 3.32. The fourth-order valence-corrected chi connectivity index (χ4v) is 1.11. The molecular weight excluding hydrogens is 180 g/mol. The van der Waals surface area contributed by atoms with E-state index in [1.165, 1.54) is 5.69 Å². The second-order valence-electron chi connectivity index (χ2n) is 1.95. The molecule has 0 aliphatic carbocycles. The standard InChI is InChI=1S/C6H9BrN2/c1-2-3-6-4-8-5-9(6)7/h4-5H,2-3H2,1H3. The Morgan fingerprint density at radius 1 is 1.78 bits per heavy atom. The number of aromatic nitrogens is 2. The van der Waals surface area contributed by atoms with Gasteiger partial charge in [0.25, 0.3) is 0 Å². The summed E-state index contributed by atoms with van der Waals surface area (Å²) < 4.78 is 1.87. The Kier molecular flexibility index (Phi) is 2.28. The molecule has 0 fully saturated rings. The van der Waals surface area contributed by atoms with Crippen LogP contribution < -0.4 is 0 Å². The van der Waals surface area contributed by atoms with Crippen molar-refractivity contribution in [2.75, 3.05) is 0 Å². The van der Waals surface area contributed by atoms with Gasteiger partial charge >= 0.3 is 0 Å². The van der Waals surface area contributed by atoms with Crippen LogP contribution in [0.15, 0.2) is 12.5 Å². The van der Waals surface area contributed by atoms with E-state index in [1.54, 1.807) is 6.33 Å². The summed E-state index contributed by atoms with van der Waals surface area (Å²) in [6, 6.07) is 0. The number of imidazole rings is 1. The van der Waals surface area contributed by atoms with Crippen LogP contribution in [0, 0.1) is 0 Å². The number of hydrogen-bond acceptors (Lipinski definition) is 1. The van der Waals surface area contributed by atoms with E-state index in [1.807, 2.05) is 9.79 Å². The Labute approximate surface area is 63.2 Å². The van der Waals surface area contributed by atoms with E-state index in [4.69, 9.17) is 0 Å². The molecule has 0 spiro atoms. The van der Waals surface area contributed by atoms with Crippen LogP contribution in [0.2, 0.25) is 0 Å². The Morgan fingerprint density at radius 3 is 3.00 bits per heavy atom. The van der Waals surface area contributed by atoms with Crippen LogP contribution in [0.25, 0.3) is 0 Å². The van der Waals surface area contributed by atoms with E-state index < -0.39 is 0 Å². The van der Waals surface area contributed by atoms with Crippen LogP contribution in [-0.2, 0) is 6.42 Å². The van der Waals surface area contributed by atoms with Gasteiger partial charge in [-0.1, -0.05) is 13.3 Å². The molecule has 0 aliphatic rings. The predicted molar refractivity (Wildman–Crippen MR) is 40.5 cm³/mol. The summed E-state index contributed by atoms with van der Waals surface area (Å²) in [5.41, 5.74) is 1.23. The number of halogens is 1. The highest BCUT2D eigenvalue weighted by molar-refractivity contribution is 9.08. The monoisotopic (exact) mass is 188 g/mol. The van der Waals surface area contributed by atoms with Crippen molar-refractivity contribution in [2.45, 2.75) is 19.8 Å². The summed E-state index contributed by atoms with van der Waals surface area (Å²) in [7, 11) is 0. The molecule has 0 N–H and O–H groups in total. The zero-order valence-corrected chi connectivity index (χ0v) is 6.93. The van der Waals surface area contributed by atoms with Crippen molar-refractivity contribution in [3.63, 3.8) is 0 Å². The lowest BCUT2D eigenvalue weighted by atomic mass is 10.3. The average Bonchev–Trinajstić information content (AvgIpc) is 2.18. The largest absolute Gasteiger partial charge is 0.269 e. The van der Waals surface area contributed by atoms with Gasteiger partial charge in [-0.25, -0.2) is 4.98 Å². The number of hydrogen-bond donors (Lipinski definition) is 0. The third-order valence-electron chi connectivity index (χ3n) is 1.17. The van der Waals surface area contributed by atoms with Gasteiger partial charge in [-0.3, -0.25) is 3.59 Å². The first-order valence-corrected chi connectivity index (χ1v) is 3.73. The van der Waals surface area contributed by atoms with Gasteiger partial charge in [0.2, 0.25) is 0 Å². The average molecular weight is 189 g/mol. The normalized spacial score (nSPS) is 10.0. The second kappa shape index (κ2) is 3.01. The first-order chi connectivity index (χ1) is 4.34. The molecule has 0 bridgehead atoms. The Balaban J connectivity index is 2.69. The fourth-order valence-electron chi connectivity index (χ4n) is 0.735. The maximum absolute atomic E-state index is 3.96. The summed E-state index contributed by atoms with van der Waals surface area (Å²) in [4.78, 5) is 3.96. The van der Waals surface area contributed by atoms with Gasteiger partial charge in [0.15, 0.2) is 0 Å². The molecule has 0 radical (unpaired) electrons. The van der Waals surface area contributed by atoms with E-state index >= 15 is 0 Å². The van der Waals surface area contributed by atoms with Gasteiger partial charge in [0.05, 0.1) is 16.1 Å². The fraction of sp³-hybridized carbons (Fsp3) is 0.500. The number of aryl methyl sites for hydroxylation is 1. The number of nitrogens with zero attached hydrogens (tertiary/aromatic N) is 2. The van der Waals surface area contributed by atoms with Crippen molar-refractivity contribution >= 4 is 16.1 Å². The molecule has 1 rings (SSSR count). The van der Waals surface area contributed by atoms with Crippen molar-refractivity contribution in [2.24, 2.45) is 0 Å². The van der Waals surface area contributed by atoms with Crippen molar-refractivity contribution in [1.29, 1.82) is 0 Å². The highest BCUT2D eigenvalue weighted by atomic mass is 79.9. The number of rotatable bonds is 2. The molecule has 0 saturated heterocycles. The summed E-state index contributed by atoms with van der Waals surface area (Å²) in [5.74, 6) is 0. The topological polar surface area (TPSA) is 17.8 Å². The Bertz CT molecular complexity index is 183. The zero-order valence-electron chi connectivity index (χ0n) is 5.34. The highest BCUT2D eigenvalue weighted by Gasteiger charge is 1.94. The molecule has 0 aromatic carbocycles. The van der Waals surface area contributed by atoms with E-state index in [0.29, 0.717) is 0 Å². The third kappa shape index (κ3) is 1.55. The van der Waals surface area contributed by atoms with E-state index in [2.05, 4.69) is 28.1 Å². The molecule has 1 aromatic heterocycles.